The smallest absolute Gasteiger partial charge is 0.248 e. The number of methoxy groups -OCH3 is 2. The highest BCUT2D eigenvalue weighted by molar-refractivity contribution is 5.77. The van der Waals surface area contributed by atoms with Gasteiger partial charge < -0.3 is 23.8 Å². The summed E-state index contributed by atoms with van der Waals surface area (Å²) >= 11 is 0. The number of rotatable bonds is 9. The van der Waals surface area contributed by atoms with E-state index < -0.39 is 0 Å². The Morgan fingerprint density at radius 3 is 2.67 bits per heavy atom. The maximum Gasteiger partial charge on any atom is 0.248 e. The Hall–Kier alpha value is -2.77. The molecule has 36 heavy (non-hydrogen) atoms. The summed E-state index contributed by atoms with van der Waals surface area (Å²) in [6, 6.07) is 14.9. The Balaban J connectivity index is 1.38. The van der Waals surface area contributed by atoms with Crippen LogP contribution in [0.4, 0.5) is 0 Å². The van der Waals surface area contributed by atoms with E-state index in [9.17, 15) is 4.79 Å². The van der Waals surface area contributed by atoms with Crippen molar-refractivity contribution in [1.29, 1.82) is 0 Å². The van der Waals surface area contributed by atoms with Crippen LogP contribution < -0.4 is 14.2 Å². The summed E-state index contributed by atoms with van der Waals surface area (Å²) in [5.74, 6) is 3.26. The third kappa shape index (κ3) is 5.62. The van der Waals surface area contributed by atoms with Gasteiger partial charge in [-0.3, -0.25) is 9.69 Å². The van der Waals surface area contributed by atoms with Gasteiger partial charge in [0.25, 0.3) is 0 Å². The summed E-state index contributed by atoms with van der Waals surface area (Å²) in [7, 11) is 3.32. The van der Waals surface area contributed by atoms with E-state index in [4.69, 9.17) is 18.9 Å². The van der Waals surface area contributed by atoms with Crippen molar-refractivity contribution in [1.82, 2.24) is 9.80 Å². The van der Waals surface area contributed by atoms with Crippen LogP contribution in [0, 0.1) is 5.92 Å². The van der Waals surface area contributed by atoms with E-state index in [1.165, 1.54) is 30.4 Å². The maximum absolute atomic E-state index is 13.2. The zero-order valence-corrected chi connectivity index (χ0v) is 21.5. The molecule has 5 rings (SSSR count). The zero-order chi connectivity index (χ0) is 24.9. The zero-order valence-electron chi connectivity index (χ0n) is 21.5. The van der Waals surface area contributed by atoms with E-state index in [-0.39, 0.29) is 19.3 Å². The van der Waals surface area contributed by atoms with Gasteiger partial charge in [0.15, 0.2) is 11.5 Å². The number of hydrogen-bond acceptors (Lipinski definition) is 6. The molecule has 1 aliphatic carbocycles. The molecule has 1 saturated heterocycles. The molecule has 194 valence electrons. The molecular formula is C29H38N2O5. The van der Waals surface area contributed by atoms with E-state index in [1.54, 1.807) is 14.2 Å². The lowest BCUT2D eigenvalue weighted by Gasteiger charge is -2.37. The van der Waals surface area contributed by atoms with Gasteiger partial charge in [-0.25, -0.2) is 0 Å². The van der Waals surface area contributed by atoms with Crippen LogP contribution in [0.1, 0.15) is 49.1 Å². The van der Waals surface area contributed by atoms with Gasteiger partial charge in [0.05, 0.1) is 7.11 Å². The highest BCUT2D eigenvalue weighted by Crippen LogP contribution is 2.38. The molecule has 0 N–H and O–H groups in total. The SMILES string of the molecule is COCC(=O)N(CC1CN(Cc2ccc3c(c2)OCO3)CC1c1cccc(OC)c1)C1CCCCC1. The van der Waals surface area contributed by atoms with E-state index >= 15 is 0 Å². The molecular weight excluding hydrogens is 456 g/mol. The van der Waals surface area contributed by atoms with Gasteiger partial charge in [0.2, 0.25) is 12.7 Å². The van der Waals surface area contributed by atoms with E-state index in [0.717, 1.165) is 56.3 Å². The average Bonchev–Trinajstić information content (AvgIpc) is 3.54. The first kappa shape index (κ1) is 24.9. The van der Waals surface area contributed by atoms with Crippen LogP contribution in [0.3, 0.4) is 0 Å². The number of likely N-dealkylation sites (tertiary alicyclic amines) is 1. The molecule has 1 amide bonds. The van der Waals surface area contributed by atoms with Crippen molar-refractivity contribution < 1.29 is 23.7 Å². The molecule has 0 radical (unpaired) electrons. The minimum Gasteiger partial charge on any atom is -0.497 e. The number of carbonyl (C=O) groups is 1. The van der Waals surface area contributed by atoms with Crippen molar-refractivity contribution in [2.24, 2.45) is 5.92 Å². The van der Waals surface area contributed by atoms with Crippen LogP contribution in [0.5, 0.6) is 17.2 Å². The number of benzene rings is 2. The first-order valence-corrected chi connectivity index (χ1v) is 13.2. The van der Waals surface area contributed by atoms with Crippen molar-refractivity contribution in [2.45, 2.75) is 50.6 Å². The van der Waals surface area contributed by atoms with Crippen molar-refractivity contribution in [3.8, 4) is 17.2 Å². The summed E-state index contributed by atoms with van der Waals surface area (Å²) in [4.78, 5) is 17.8. The molecule has 0 aromatic heterocycles. The van der Waals surface area contributed by atoms with E-state index in [0.29, 0.717) is 17.9 Å². The van der Waals surface area contributed by atoms with Gasteiger partial charge in [0.1, 0.15) is 12.4 Å². The Morgan fingerprint density at radius 2 is 1.86 bits per heavy atom. The fraction of sp³-hybridized carbons (Fsp3) is 0.552. The third-order valence-electron chi connectivity index (χ3n) is 7.92. The molecule has 7 nitrogen and oxygen atoms in total. The largest absolute Gasteiger partial charge is 0.497 e. The Morgan fingerprint density at radius 1 is 1.03 bits per heavy atom. The summed E-state index contributed by atoms with van der Waals surface area (Å²) in [6.07, 6.45) is 5.84. The van der Waals surface area contributed by atoms with Crippen LogP contribution >= 0.6 is 0 Å². The second-order valence-electron chi connectivity index (χ2n) is 10.3. The predicted octanol–water partition coefficient (Wildman–Crippen LogP) is 4.45. The molecule has 1 saturated carbocycles. The summed E-state index contributed by atoms with van der Waals surface area (Å²) in [5, 5.41) is 0. The summed E-state index contributed by atoms with van der Waals surface area (Å²) < 4.78 is 21.9. The number of carbonyl (C=O) groups excluding carboxylic acids is 1. The highest BCUT2D eigenvalue weighted by Gasteiger charge is 2.38. The third-order valence-corrected chi connectivity index (χ3v) is 7.92. The molecule has 2 atom stereocenters. The monoisotopic (exact) mass is 494 g/mol. The molecule has 3 aliphatic rings. The van der Waals surface area contributed by atoms with Gasteiger partial charge in [-0.05, 0) is 54.2 Å². The normalized spacial score (nSPS) is 22.1. The Bertz CT molecular complexity index is 1040. The number of ether oxygens (including phenoxy) is 4. The van der Waals surface area contributed by atoms with Crippen molar-refractivity contribution in [3.63, 3.8) is 0 Å². The van der Waals surface area contributed by atoms with Crippen LogP contribution in [-0.2, 0) is 16.1 Å². The Kier molecular flexibility index (Phi) is 7.97. The highest BCUT2D eigenvalue weighted by atomic mass is 16.7. The van der Waals surface area contributed by atoms with Crippen LogP contribution in [0.2, 0.25) is 0 Å². The van der Waals surface area contributed by atoms with Gasteiger partial charge in [0, 0.05) is 45.2 Å². The number of hydrogen-bond donors (Lipinski definition) is 0. The quantitative estimate of drug-likeness (QED) is 0.514. The van der Waals surface area contributed by atoms with E-state index in [2.05, 4.69) is 40.1 Å². The van der Waals surface area contributed by atoms with E-state index in [1.807, 2.05) is 12.1 Å². The fourth-order valence-electron chi connectivity index (χ4n) is 6.13. The molecule has 0 spiro atoms. The maximum atomic E-state index is 13.2. The molecule has 7 heteroatoms. The second-order valence-corrected chi connectivity index (χ2v) is 10.3. The van der Waals surface area contributed by atoms with Gasteiger partial charge >= 0.3 is 0 Å². The van der Waals surface area contributed by atoms with Crippen LogP contribution in [0.25, 0.3) is 0 Å². The summed E-state index contributed by atoms with van der Waals surface area (Å²) in [6.45, 7) is 3.89. The fourth-order valence-corrected chi connectivity index (χ4v) is 6.13. The van der Waals surface area contributed by atoms with Crippen LogP contribution in [-0.4, -0.2) is 69.0 Å². The minimum absolute atomic E-state index is 0.114. The van der Waals surface area contributed by atoms with Crippen molar-refractivity contribution in [3.05, 3.63) is 53.6 Å². The number of fused-ring (bicyclic) bond motifs is 1. The lowest BCUT2D eigenvalue weighted by molar-refractivity contribution is -0.139. The first-order valence-electron chi connectivity index (χ1n) is 13.2. The standard InChI is InChI=1S/C29H38N2O5/c1-33-19-29(32)31(24-8-4-3-5-9-24)17-23-16-30(15-21-11-12-27-28(13-21)36-20-35-27)18-26(23)22-7-6-10-25(14-22)34-2/h6-7,10-14,23-24,26H,3-5,8-9,15-20H2,1-2H3. The van der Waals surface area contributed by atoms with Crippen LogP contribution in [0.15, 0.2) is 42.5 Å². The lowest BCUT2D eigenvalue weighted by atomic mass is 9.87. The molecule has 2 aromatic rings. The Labute approximate surface area is 214 Å². The average molecular weight is 495 g/mol. The number of amides is 1. The predicted molar refractivity (Wildman–Crippen MR) is 138 cm³/mol. The van der Waals surface area contributed by atoms with Crippen molar-refractivity contribution in [2.75, 3.05) is 47.3 Å². The molecule has 2 aliphatic heterocycles. The molecule has 2 fully saturated rings. The van der Waals surface area contributed by atoms with Gasteiger partial charge in [-0.15, -0.1) is 0 Å². The first-order chi connectivity index (χ1) is 17.6. The number of nitrogens with zero attached hydrogens (tertiary/aromatic N) is 2. The van der Waals surface area contributed by atoms with Gasteiger partial charge in [-0.1, -0.05) is 37.5 Å². The van der Waals surface area contributed by atoms with Crippen molar-refractivity contribution >= 4 is 5.91 Å². The lowest BCUT2D eigenvalue weighted by Crippen LogP contribution is -2.46. The molecule has 2 heterocycles. The topological polar surface area (TPSA) is 60.5 Å². The summed E-state index contributed by atoms with van der Waals surface area (Å²) in [5.41, 5.74) is 2.49. The minimum atomic E-state index is 0.114. The molecule has 2 unspecified atom stereocenters. The second kappa shape index (κ2) is 11.5. The molecule has 2 aromatic carbocycles. The molecule has 0 bridgehead atoms. The van der Waals surface area contributed by atoms with Gasteiger partial charge in [-0.2, -0.15) is 0 Å².